The van der Waals surface area contributed by atoms with Gasteiger partial charge in [-0.1, -0.05) is 32.9 Å². The summed E-state index contributed by atoms with van der Waals surface area (Å²) in [6.45, 7) is 18.2. The zero-order valence-electron chi connectivity index (χ0n) is 17.8. The van der Waals surface area contributed by atoms with E-state index in [4.69, 9.17) is 9.47 Å². The van der Waals surface area contributed by atoms with Gasteiger partial charge in [-0.2, -0.15) is 0 Å². The van der Waals surface area contributed by atoms with E-state index < -0.39 is 0 Å². The monoisotopic (exact) mass is 361 g/mol. The zero-order chi connectivity index (χ0) is 19.2. The Morgan fingerprint density at radius 3 is 2.08 bits per heavy atom. The first-order valence-corrected chi connectivity index (χ1v) is 10.2. The summed E-state index contributed by atoms with van der Waals surface area (Å²) in [6, 6.07) is 8.56. The number of rotatable bonds is 7. The normalized spacial score (nSPS) is 17.5. The molecule has 3 heteroatoms. The molecule has 0 amide bonds. The molecule has 2 rings (SSSR count). The Kier molecular flexibility index (Phi) is 7.54. The SMILES string of the molecule is CC(C)(C)OCCC1CCN(CCOc2ccc(C(C)(C)C)cc2)CC1. The molecular formula is C23H39NO2. The average Bonchev–Trinajstić information content (AvgIpc) is 2.55. The molecule has 0 spiro atoms. The van der Waals surface area contributed by atoms with Crippen molar-refractivity contribution in [2.75, 3.05) is 32.8 Å². The lowest BCUT2D eigenvalue weighted by Gasteiger charge is -2.32. The maximum absolute atomic E-state index is 5.94. The van der Waals surface area contributed by atoms with Crippen molar-refractivity contribution in [3.05, 3.63) is 29.8 Å². The minimum Gasteiger partial charge on any atom is -0.492 e. The Labute approximate surface area is 161 Å². The molecule has 1 fully saturated rings. The standard InChI is InChI=1S/C23H39NO2/c1-22(2,3)20-7-9-21(10-8-20)25-18-16-24-14-11-19(12-15-24)13-17-26-23(4,5)6/h7-10,19H,11-18H2,1-6H3. The first-order valence-electron chi connectivity index (χ1n) is 10.2. The highest BCUT2D eigenvalue weighted by molar-refractivity contribution is 5.31. The lowest BCUT2D eigenvalue weighted by Crippen LogP contribution is -2.37. The van der Waals surface area contributed by atoms with Crippen LogP contribution in [-0.2, 0) is 10.2 Å². The molecule has 0 aliphatic carbocycles. The van der Waals surface area contributed by atoms with E-state index in [1.54, 1.807) is 0 Å². The molecule has 1 aliphatic rings. The van der Waals surface area contributed by atoms with E-state index in [9.17, 15) is 0 Å². The van der Waals surface area contributed by atoms with Gasteiger partial charge in [0.25, 0.3) is 0 Å². The molecule has 1 saturated heterocycles. The molecule has 1 aliphatic heterocycles. The molecule has 0 N–H and O–H groups in total. The lowest BCUT2D eigenvalue weighted by atomic mass is 9.87. The molecule has 1 heterocycles. The quantitative estimate of drug-likeness (QED) is 0.659. The van der Waals surface area contributed by atoms with Crippen LogP contribution in [0.4, 0.5) is 0 Å². The summed E-state index contributed by atoms with van der Waals surface area (Å²) >= 11 is 0. The molecule has 0 aromatic heterocycles. The second-order valence-electron chi connectivity index (χ2n) is 9.66. The van der Waals surface area contributed by atoms with Crippen molar-refractivity contribution in [3.63, 3.8) is 0 Å². The Bertz CT molecular complexity index is 517. The van der Waals surface area contributed by atoms with Crippen LogP contribution in [0, 0.1) is 5.92 Å². The number of piperidine rings is 1. The van der Waals surface area contributed by atoms with Crippen LogP contribution in [0.2, 0.25) is 0 Å². The van der Waals surface area contributed by atoms with E-state index in [1.165, 1.54) is 37.9 Å². The molecular weight excluding hydrogens is 322 g/mol. The van der Waals surface area contributed by atoms with Crippen LogP contribution in [0.25, 0.3) is 0 Å². The number of ether oxygens (including phenoxy) is 2. The van der Waals surface area contributed by atoms with Gasteiger partial charge in [-0.3, -0.25) is 4.90 Å². The predicted octanol–water partition coefficient (Wildman–Crippen LogP) is 5.28. The number of likely N-dealkylation sites (tertiary alicyclic amines) is 1. The maximum atomic E-state index is 5.94. The highest BCUT2D eigenvalue weighted by Crippen LogP contribution is 2.24. The van der Waals surface area contributed by atoms with Gasteiger partial charge in [-0.15, -0.1) is 0 Å². The average molecular weight is 362 g/mol. The molecule has 0 saturated carbocycles. The predicted molar refractivity (Wildman–Crippen MR) is 110 cm³/mol. The maximum Gasteiger partial charge on any atom is 0.119 e. The van der Waals surface area contributed by atoms with Crippen molar-refractivity contribution in [2.24, 2.45) is 5.92 Å². The molecule has 26 heavy (non-hydrogen) atoms. The van der Waals surface area contributed by atoms with Crippen molar-refractivity contribution in [1.82, 2.24) is 4.90 Å². The van der Waals surface area contributed by atoms with Crippen LogP contribution in [0.3, 0.4) is 0 Å². The van der Waals surface area contributed by atoms with Gasteiger partial charge in [0.05, 0.1) is 5.60 Å². The van der Waals surface area contributed by atoms with Crippen LogP contribution < -0.4 is 4.74 Å². The number of benzene rings is 1. The lowest BCUT2D eigenvalue weighted by molar-refractivity contribution is -0.0127. The van der Waals surface area contributed by atoms with Gasteiger partial charge in [0, 0.05) is 13.2 Å². The van der Waals surface area contributed by atoms with Gasteiger partial charge in [0.2, 0.25) is 0 Å². The third kappa shape index (κ3) is 7.67. The van der Waals surface area contributed by atoms with Crippen molar-refractivity contribution in [3.8, 4) is 5.75 Å². The van der Waals surface area contributed by atoms with Gasteiger partial charge in [-0.05, 0) is 82.2 Å². The van der Waals surface area contributed by atoms with Gasteiger partial charge < -0.3 is 9.47 Å². The molecule has 0 radical (unpaired) electrons. The van der Waals surface area contributed by atoms with Crippen LogP contribution >= 0.6 is 0 Å². The van der Waals surface area contributed by atoms with Crippen molar-refractivity contribution in [1.29, 1.82) is 0 Å². The highest BCUT2D eigenvalue weighted by Gasteiger charge is 2.20. The summed E-state index contributed by atoms with van der Waals surface area (Å²) in [4.78, 5) is 2.53. The summed E-state index contributed by atoms with van der Waals surface area (Å²) < 4.78 is 11.8. The molecule has 1 aromatic carbocycles. The van der Waals surface area contributed by atoms with Crippen LogP contribution in [0.15, 0.2) is 24.3 Å². The van der Waals surface area contributed by atoms with E-state index in [0.29, 0.717) is 0 Å². The molecule has 0 bridgehead atoms. The molecule has 3 nitrogen and oxygen atoms in total. The Hall–Kier alpha value is -1.06. The van der Waals surface area contributed by atoms with E-state index in [2.05, 4.69) is 70.7 Å². The first-order chi connectivity index (χ1) is 12.1. The molecule has 148 valence electrons. The van der Waals surface area contributed by atoms with E-state index in [0.717, 1.165) is 31.4 Å². The third-order valence-corrected chi connectivity index (χ3v) is 5.16. The minimum absolute atomic E-state index is 0.0108. The Balaban J connectivity index is 1.61. The zero-order valence-corrected chi connectivity index (χ0v) is 17.8. The Morgan fingerprint density at radius 2 is 1.54 bits per heavy atom. The summed E-state index contributed by atoms with van der Waals surface area (Å²) in [5.74, 6) is 1.80. The number of hydrogen-bond donors (Lipinski definition) is 0. The van der Waals surface area contributed by atoms with Gasteiger partial charge in [0.1, 0.15) is 12.4 Å². The molecule has 0 atom stereocenters. The number of hydrogen-bond acceptors (Lipinski definition) is 3. The largest absolute Gasteiger partial charge is 0.492 e. The van der Waals surface area contributed by atoms with Crippen LogP contribution in [0.1, 0.15) is 66.4 Å². The third-order valence-electron chi connectivity index (χ3n) is 5.16. The number of nitrogens with zero attached hydrogens (tertiary/aromatic N) is 1. The van der Waals surface area contributed by atoms with Crippen LogP contribution in [-0.4, -0.2) is 43.3 Å². The molecule has 1 aromatic rings. The van der Waals surface area contributed by atoms with E-state index >= 15 is 0 Å². The fourth-order valence-electron chi connectivity index (χ4n) is 3.37. The van der Waals surface area contributed by atoms with Crippen molar-refractivity contribution < 1.29 is 9.47 Å². The highest BCUT2D eigenvalue weighted by atomic mass is 16.5. The second kappa shape index (κ2) is 9.23. The topological polar surface area (TPSA) is 21.7 Å². The van der Waals surface area contributed by atoms with Gasteiger partial charge in [0.15, 0.2) is 0 Å². The minimum atomic E-state index is -0.0108. The van der Waals surface area contributed by atoms with Gasteiger partial charge in [-0.25, -0.2) is 0 Å². The van der Waals surface area contributed by atoms with Crippen molar-refractivity contribution >= 4 is 0 Å². The summed E-state index contributed by atoms with van der Waals surface area (Å²) in [6.07, 6.45) is 3.77. The summed E-state index contributed by atoms with van der Waals surface area (Å²) in [7, 11) is 0. The fraction of sp³-hybridized carbons (Fsp3) is 0.739. The Morgan fingerprint density at radius 1 is 0.923 bits per heavy atom. The summed E-state index contributed by atoms with van der Waals surface area (Å²) in [5.41, 5.74) is 1.53. The van der Waals surface area contributed by atoms with E-state index in [-0.39, 0.29) is 11.0 Å². The summed E-state index contributed by atoms with van der Waals surface area (Å²) in [5, 5.41) is 0. The second-order valence-corrected chi connectivity index (χ2v) is 9.66. The molecule has 0 unspecified atom stereocenters. The van der Waals surface area contributed by atoms with E-state index in [1.807, 2.05) is 0 Å². The van der Waals surface area contributed by atoms with Crippen molar-refractivity contribution in [2.45, 2.75) is 71.8 Å². The first kappa shape index (κ1) is 21.2. The fourth-order valence-corrected chi connectivity index (χ4v) is 3.37. The smallest absolute Gasteiger partial charge is 0.119 e. The van der Waals surface area contributed by atoms with Crippen LogP contribution in [0.5, 0.6) is 5.75 Å². The van der Waals surface area contributed by atoms with Gasteiger partial charge >= 0.3 is 0 Å².